The van der Waals surface area contributed by atoms with Crippen molar-refractivity contribution in [2.24, 2.45) is 0 Å². The average molecular weight is 287 g/mol. The second kappa shape index (κ2) is 4.06. The molecule has 0 atom stereocenters. The van der Waals surface area contributed by atoms with Crippen LogP contribution in [-0.2, 0) is 6.67 Å². The van der Waals surface area contributed by atoms with Crippen molar-refractivity contribution in [1.82, 2.24) is 4.98 Å². The normalized spacial score (nSPS) is 10.8. The molecule has 0 N–H and O–H groups in total. The quantitative estimate of drug-likeness (QED) is 0.601. The van der Waals surface area contributed by atoms with E-state index in [1.165, 1.54) is 6.20 Å². The molecule has 5 heteroatoms. The molecule has 1 rings (SSSR count). The molecule has 0 aliphatic rings. The molecule has 0 aliphatic heterocycles. The van der Waals surface area contributed by atoms with E-state index in [1.807, 2.05) is 0 Å². The lowest BCUT2D eigenvalue weighted by molar-refractivity contribution is 0.149. The molecule has 1 aromatic rings. The van der Waals surface area contributed by atoms with E-state index in [-0.39, 0.29) is 14.8 Å². The first-order chi connectivity index (χ1) is 5.65. The Morgan fingerprint density at radius 3 is 2.67 bits per heavy atom. The molecule has 1 heterocycles. The van der Waals surface area contributed by atoms with Crippen LogP contribution in [-0.4, -0.2) is 4.98 Å². The first-order valence-electron chi connectivity index (χ1n) is 3.13. The zero-order valence-electron chi connectivity index (χ0n) is 5.90. The molecule has 66 valence electrons. The molecular formula is C7H5F3IN. The number of pyridine rings is 1. The summed E-state index contributed by atoms with van der Waals surface area (Å²) in [4.78, 5) is 3.64. The standard InChI is InChI=1S/C7H5F3IN/c8-2-4-1-5(6(9)10)7(11)12-3-4/h1,3,6H,2H2. The Morgan fingerprint density at radius 2 is 2.17 bits per heavy atom. The third-order valence-electron chi connectivity index (χ3n) is 1.31. The fourth-order valence-corrected chi connectivity index (χ4v) is 1.27. The smallest absolute Gasteiger partial charge is 0.249 e. The third kappa shape index (κ3) is 2.09. The summed E-state index contributed by atoms with van der Waals surface area (Å²) in [6, 6.07) is 1.14. The monoisotopic (exact) mass is 287 g/mol. The molecular weight excluding hydrogens is 282 g/mol. The maximum absolute atomic E-state index is 12.2. The van der Waals surface area contributed by atoms with Crippen molar-refractivity contribution in [2.45, 2.75) is 13.1 Å². The Labute approximate surface area is 81.1 Å². The van der Waals surface area contributed by atoms with Gasteiger partial charge in [-0.25, -0.2) is 18.2 Å². The zero-order chi connectivity index (χ0) is 9.14. The molecule has 0 fully saturated rings. The molecule has 0 aromatic carbocycles. The van der Waals surface area contributed by atoms with E-state index in [0.29, 0.717) is 0 Å². The van der Waals surface area contributed by atoms with Gasteiger partial charge in [0.2, 0.25) is 0 Å². The van der Waals surface area contributed by atoms with Crippen LogP contribution >= 0.6 is 22.6 Å². The first kappa shape index (κ1) is 9.76. The van der Waals surface area contributed by atoms with Gasteiger partial charge in [-0.2, -0.15) is 0 Å². The number of hydrogen-bond donors (Lipinski definition) is 0. The molecule has 0 saturated heterocycles. The molecule has 12 heavy (non-hydrogen) atoms. The molecule has 0 unspecified atom stereocenters. The molecule has 1 aromatic heterocycles. The van der Waals surface area contributed by atoms with Gasteiger partial charge in [0, 0.05) is 11.8 Å². The topological polar surface area (TPSA) is 12.9 Å². The summed E-state index contributed by atoms with van der Waals surface area (Å²) in [6.45, 7) is -0.760. The van der Waals surface area contributed by atoms with E-state index in [0.717, 1.165) is 6.07 Å². The Bertz CT molecular complexity index is 277. The van der Waals surface area contributed by atoms with Crippen molar-refractivity contribution < 1.29 is 13.2 Å². The number of hydrogen-bond acceptors (Lipinski definition) is 1. The van der Waals surface area contributed by atoms with Crippen molar-refractivity contribution in [3.05, 3.63) is 27.1 Å². The van der Waals surface area contributed by atoms with Gasteiger partial charge < -0.3 is 0 Å². The highest BCUT2D eigenvalue weighted by atomic mass is 127. The van der Waals surface area contributed by atoms with E-state index >= 15 is 0 Å². The number of alkyl halides is 3. The van der Waals surface area contributed by atoms with Crippen molar-refractivity contribution in [1.29, 1.82) is 0 Å². The summed E-state index contributed by atoms with van der Waals surface area (Å²) in [5.74, 6) is 0. The molecule has 0 amide bonds. The third-order valence-corrected chi connectivity index (χ3v) is 2.21. The van der Waals surface area contributed by atoms with Crippen LogP contribution < -0.4 is 0 Å². The number of halogens is 4. The molecule has 0 spiro atoms. The van der Waals surface area contributed by atoms with E-state index in [4.69, 9.17) is 0 Å². The largest absolute Gasteiger partial charge is 0.266 e. The minimum Gasteiger partial charge on any atom is -0.249 e. The number of aromatic nitrogens is 1. The van der Waals surface area contributed by atoms with E-state index in [2.05, 4.69) is 4.98 Å². The zero-order valence-corrected chi connectivity index (χ0v) is 8.06. The number of rotatable bonds is 2. The van der Waals surface area contributed by atoms with E-state index in [9.17, 15) is 13.2 Å². The molecule has 0 saturated carbocycles. The predicted octanol–water partition coefficient (Wildman–Crippen LogP) is 3.09. The van der Waals surface area contributed by atoms with Gasteiger partial charge in [0.15, 0.2) is 0 Å². The van der Waals surface area contributed by atoms with Crippen molar-refractivity contribution in [3.8, 4) is 0 Å². The van der Waals surface area contributed by atoms with Crippen LogP contribution in [0.3, 0.4) is 0 Å². The highest BCUT2D eigenvalue weighted by molar-refractivity contribution is 14.1. The van der Waals surface area contributed by atoms with Gasteiger partial charge in [0.1, 0.15) is 10.4 Å². The molecule has 0 bridgehead atoms. The fourth-order valence-electron chi connectivity index (χ4n) is 0.737. The maximum Gasteiger partial charge on any atom is 0.266 e. The van der Waals surface area contributed by atoms with Crippen molar-refractivity contribution in [3.63, 3.8) is 0 Å². The Morgan fingerprint density at radius 1 is 1.50 bits per heavy atom. The van der Waals surface area contributed by atoms with Gasteiger partial charge in [0.05, 0.1) is 5.56 Å². The van der Waals surface area contributed by atoms with Gasteiger partial charge in [0.25, 0.3) is 6.43 Å². The van der Waals surface area contributed by atoms with Crippen LogP contribution in [0.4, 0.5) is 13.2 Å². The predicted molar refractivity (Wildman–Crippen MR) is 46.7 cm³/mol. The Kier molecular flexibility index (Phi) is 3.30. The van der Waals surface area contributed by atoms with Crippen LogP contribution in [0.2, 0.25) is 0 Å². The van der Waals surface area contributed by atoms with Gasteiger partial charge in [-0.1, -0.05) is 0 Å². The van der Waals surface area contributed by atoms with Crippen LogP contribution in [0.5, 0.6) is 0 Å². The van der Waals surface area contributed by atoms with Gasteiger partial charge in [-0.05, 0) is 28.7 Å². The van der Waals surface area contributed by atoms with Gasteiger partial charge in [-0.3, -0.25) is 0 Å². The lowest BCUT2D eigenvalue weighted by Crippen LogP contribution is -1.95. The Balaban J connectivity index is 3.08. The molecule has 0 radical (unpaired) electrons. The number of nitrogens with zero attached hydrogens (tertiary/aromatic N) is 1. The van der Waals surface area contributed by atoms with Crippen LogP contribution in [0, 0.1) is 3.70 Å². The first-order valence-corrected chi connectivity index (χ1v) is 4.21. The summed E-state index contributed by atoms with van der Waals surface area (Å²) >= 11 is 1.70. The van der Waals surface area contributed by atoms with Crippen molar-refractivity contribution in [2.75, 3.05) is 0 Å². The Hall–Kier alpha value is -0.330. The average Bonchev–Trinajstić information content (AvgIpc) is 2.05. The summed E-state index contributed by atoms with van der Waals surface area (Å²) in [7, 11) is 0. The van der Waals surface area contributed by atoms with Gasteiger partial charge >= 0.3 is 0 Å². The fraction of sp³-hybridized carbons (Fsp3) is 0.286. The molecule has 0 aliphatic carbocycles. The summed E-state index contributed by atoms with van der Waals surface area (Å²) < 4.78 is 36.6. The summed E-state index contributed by atoms with van der Waals surface area (Å²) in [5.41, 5.74) is -0.0172. The lowest BCUT2D eigenvalue weighted by Gasteiger charge is -2.02. The van der Waals surface area contributed by atoms with Gasteiger partial charge in [-0.15, -0.1) is 0 Å². The summed E-state index contributed by atoms with van der Waals surface area (Å²) in [6.07, 6.45) is -1.33. The SMILES string of the molecule is FCc1cnc(I)c(C(F)F)c1. The second-order valence-corrected chi connectivity index (χ2v) is 3.18. The molecule has 1 nitrogen and oxygen atoms in total. The second-order valence-electron chi connectivity index (χ2n) is 2.16. The highest BCUT2D eigenvalue weighted by Gasteiger charge is 2.12. The highest BCUT2D eigenvalue weighted by Crippen LogP contribution is 2.23. The van der Waals surface area contributed by atoms with E-state index in [1.54, 1.807) is 22.6 Å². The minimum absolute atomic E-state index is 0.186. The van der Waals surface area contributed by atoms with E-state index < -0.39 is 13.1 Å². The minimum atomic E-state index is -2.59. The summed E-state index contributed by atoms with van der Waals surface area (Å²) in [5, 5.41) is 0. The lowest BCUT2D eigenvalue weighted by atomic mass is 10.2. The van der Waals surface area contributed by atoms with Crippen LogP contribution in [0.15, 0.2) is 12.3 Å². The van der Waals surface area contributed by atoms with Crippen molar-refractivity contribution >= 4 is 22.6 Å². The van der Waals surface area contributed by atoms with Crippen LogP contribution in [0.1, 0.15) is 17.6 Å². The van der Waals surface area contributed by atoms with Crippen LogP contribution in [0.25, 0.3) is 0 Å². The maximum atomic E-state index is 12.2.